The Bertz CT molecular complexity index is 2340. The Kier molecular flexibility index (Phi) is 9.31. The topological polar surface area (TPSA) is 306 Å². The largest absolute Gasteiger partial charge is 0.530 e. The molecule has 0 amide bonds. The third kappa shape index (κ3) is 6.49. The van der Waals surface area contributed by atoms with E-state index in [2.05, 4.69) is 29.9 Å². The number of benzene rings is 1. The molecule has 4 fully saturated rings. The predicted molar refractivity (Wildman–Crippen MR) is 195 cm³/mol. The lowest BCUT2D eigenvalue weighted by Crippen LogP contribution is -2.48. The summed E-state index contributed by atoms with van der Waals surface area (Å²) in [5, 5.41) is 23.5. The van der Waals surface area contributed by atoms with Crippen molar-refractivity contribution in [2.24, 2.45) is 0 Å². The van der Waals surface area contributed by atoms with E-state index in [1.165, 1.54) is 59.9 Å². The number of nitrogens with zero attached hydrogens (tertiary/aromatic N) is 8. The number of nitrogen functional groups attached to an aromatic ring is 2. The summed E-state index contributed by atoms with van der Waals surface area (Å²) in [4.78, 5) is 25.4. The highest BCUT2D eigenvalue weighted by Gasteiger charge is 2.62. The number of aromatic nitrogens is 8. The lowest BCUT2D eigenvalue weighted by atomic mass is 9.96. The summed E-state index contributed by atoms with van der Waals surface area (Å²) in [6, 6.07) is 5.56. The molecule has 58 heavy (non-hydrogen) atoms. The van der Waals surface area contributed by atoms with Crippen molar-refractivity contribution in [1.82, 2.24) is 39.0 Å². The van der Waals surface area contributed by atoms with Crippen molar-refractivity contribution >= 4 is 49.9 Å². The molecule has 0 bridgehead atoms. The molecule has 8 heterocycles. The number of hydrogen-bond donors (Lipinski definition) is 4. The maximum absolute atomic E-state index is 13.9. The van der Waals surface area contributed by atoms with Gasteiger partial charge in [-0.2, -0.15) is 19.9 Å². The van der Waals surface area contributed by atoms with Gasteiger partial charge in [0.15, 0.2) is 34.8 Å². The highest BCUT2D eigenvalue weighted by atomic mass is 31.2. The van der Waals surface area contributed by atoms with Crippen LogP contribution in [-0.4, -0.2) is 111 Å². The summed E-state index contributed by atoms with van der Waals surface area (Å²) in [6.07, 6.45) is -3.72. The maximum Gasteiger partial charge on any atom is 0.530 e. The number of aliphatic hydroxyl groups is 2. The van der Waals surface area contributed by atoms with Crippen LogP contribution in [0.25, 0.3) is 22.3 Å². The second-order valence-electron chi connectivity index (χ2n) is 14.0. The molecule has 0 aliphatic carbocycles. The third-order valence-corrected chi connectivity index (χ3v) is 12.6. The van der Waals surface area contributed by atoms with Gasteiger partial charge in [-0.05, 0) is 39.8 Å². The molecule has 0 spiro atoms. The number of phosphoric acid groups is 2. The van der Waals surface area contributed by atoms with E-state index in [4.69, 9.17) is 57.6 Å². The summed E-state index contributed by atoms with van der Waals surface area (Å²) in [6.45, 7) is 6.45. The minimum atomic E-state index is -4.43. The zero-order valence-corrected chi connectivity index (χ0v) is 33.0. The quantitative estimate of drug-likeness (QED) is 0.147. The predicted octanol–water partition coefficient (Wildman–Crippen LogP) is 2.43. The normalized spacial score (nSPS) is 34.5. The Balaban J connectivity index is 0.892. The van der Waals surface area contributed by atoms with E-state index in [9.17, 15) is 19.3 Å². The number of anilines is 2. The Morgan fingerprint density at radius 2 is 1.19 bits per heavy atom. The molecule has 24 nitrogen and oxygen atoms in total. The summed E-state index contributed by atoms with van der Waals surface area (Å²) in [5.41, 5.74) is 9.21. The zero-order chi connectivity index (χ0) is 40.8. The van der Waals surface area contributed by atoms with Gasteiger partial charge >= 0.3 is 15.6 Å². The minimum absolute atomic E-state index is 0.0805. The lowest BCUT2D eigenvalue weighted by molar-refractivity contribution is -0.0898. The van der Waals surface area contributed by atoms with E-state index in [1.807, 2.05) is 0 Å². The molecule has 4 aliphatic rings. The van der Waals surface area contributed by atoms with Crippen molar-refractivity contribution in [1.29, 1.82) is 0 Å². The fourth-order valence-electron chi connectivity index (χ4n) is 7.32. The van der Waals surface area contributed by atoms with Crippen LogP contribution in [-0.2, 0) is 36.7 Å². The number of ether oxygens (including phenoxy) is 4. The van der Waals surface area contributed by atoms with Crippen LogP contribution in [0.4, 0.5) is 11.9 Å². The number of nitrogens with two attached hydrogens (primary N) is 2. The molecule has 3 unspecified atom stereocenters. The van der Waals surface area contributed by atoms with Gasteiger partial charge in [0.2, 0.25) is 23.7 Å². The van der Waals surface area contributed by atoms with E-state index in [0.29, 0.717) is 13.2 Å². The van der Waals surface area contributed by atoms with Crippen molar-refractivity contribution in [3.8, 4) is 23.3 Å². The maximum atomic E-state index is 13.9. The molecule has 4 saturated heterocycles. The molecule has 4 aromatic heterocycles. The molecule has 26 heteroatoms. The Morgan fingerprint density at radius 3 is 1.60 bits per heavy atom. The molecule has 4 aliphatic heterocycles. The van der Waals surface area contributed by atoms with E-state index >= 15 is 0 Å². The van der Waals surface area contributed by atoms with Crippen molar-refractivity contribution in [2.75, 3.05) is 37.9 Å². The molecule has 1 aromatic carbocycles. The number of rotatable bonds is 10. The van der Waals surface area contributed by atoms with E-state index in [-0.39, 0.29) is 70.7 Å². The molecule has 9 rings (SSSR count). The van der Waals surface area contributed by atoms with Gasteiger partial charge in [-0.1, -0.05) is 6.07 Å². The van der Waals surface area contributed by atoms with Crippen molar-refractivity contribution < 1.29 is 65.4 Å². The highest BCUT2D eigenvalue weighted by molar-refractivity contribution is 7.49. The van der Waals surface area contributed by atoms with Gasteiger partial charge in [0.05, 0.1) is 39.1 Å². The van der Waals surface area contributed by atoms with Crippen LogP contribution in [0.1, 0.15) is 40.2 Å². The fraction of sp³-hybridized carbons (Fsp3) is 0.500. The average molecular weight is 849 g/mol. The van der Waals surface area contributed by atoms with Crippen LogP contribution < -0.4 is 30.0 Å². The molecule has 0 saturated carbocycles. The van der Waals surface area contributed by atoms with E-state index in [0.717, 1.165) is 0 Å². The monoisotopic (exact) mass is 848 g/mol. The second-order valence-corrected chi connectivity index (χ2v) is 17.1. The van der Waals surface area contributed by atoms with Crippen molar-refractivity contribution in [3.05, 3.63) is 36.9 Å². The van der Waals surface area contributed by atoms with Crippen LogP contribution in [0.2, 0.25) is 0 Å². The molecule has 310 valence electrons. The van der Waals surface area contributed by atoms with Gasteiger partial charge in [-0.3, -0.25) is 27.2 Å². The van der Waals surface area contributed by atoms with Crippen molar-refractivity contribution in [2.45, 2.75) is 75.8 Å². The molecule has 0 radical (unpaired) electrons. The van der Waals surface area contributed by atoms with Gasteiger partial charge in [-0.25, -0.2) is 19.1 Å². The lowest BCUT2D eigenvalue weighted by Gasteiger charge is -2.35. The first-order chi connectivity index (χ1) is 27.6. The molecule has 6 N–H and O–H groups in total. The number of imidazole rings is 2. The third-order valence-electron chi connectivity index (χ3n) is 9.83. The first-order valence-corrected chi connectivity index (χ1v) is 20.9. The van der Waals surface area contributed by atoms with E-state index in [1.54, 1.807) is 13.8 Å². The van der Waals surface area contributed by atoms with Crippen LogP contribution in [0, 0.1) is 0 Å². The SMILES string of the molecule is CCOc1nc(N)nc2c1ncn2[C@@H]1OC2COP(=O)(Oc3cccc(OP4(=O)OC[C@H]5O[C@@H](n6cnc7c(OCC)nc(N)nc76)[C@](C)(O)[C@@H]5O4)c3)O[C@H]2[C@@]1(C)O. The second kappa shape index (κ2) is 13.9. The van der Waals surface area contributed by atoms with Gasteiger partial charge in [0.25, 0.3) is 0 Å². The van der Waals surface area contributed by atoms with Gasteiger partial charge in [0, 0.05) is 6.07 Å². The first kappa shape index (κ1) is 38.8. The van der Waals surface area contributed by atoms with Gasteiger partial charge in [0.1, 0.15) is 47.1 Å². The summed E-state index contributed by atoms with van der Waals surface area (Å²) in [7, 11) is -8.86. The molecular weight excluding hydrogens is 810 g/mol. The molecule has 10 atom stereocenters. The van der Waals surface area contributed by atoms with Crippen LogP contribution in [0.5, 0.6) is 23.3 Å². The fourth-order valence-corrected chi connectivity index (χ4v) is 10.3. The smallest absolute Gasteiger partial charge is 0.476 e. The van der Waals surface area contributed by atoms with E-state index < -0.39 is 63.7 Å². The Morgan fingerprint density at radius 1 is 0.759 bits per heavy atom. The summed E-state index contributed by atoms with van der Waals surface area (Å²) < 4.78 is 88.2. The summed E-state index contributed by atoms with van der Waals surface area (Å²) >= 11 is 0. The van der Waals surface area contributed by atoms with Crippen molar-refractivity contribution in [3.63, 3.8) is 0 Å². The average Bonchev–Trinajstić information content (AvgIpc) is 3.89. The minimum Gasteiger partial charge on any atom is -0.476 e. The van der Waals surface area contributed by atoms with Crippen LogP contribution >= 0.6 is 15.6 Å². The highest BCUT2D eigenvalue weighted by Crippen LogP contribution is 2.61. The molecule has 5 aromatic rings. The number of phosphoric ester groups is 2. The zero-order valence-electron chi connectivity index (χ0n) is 31.2. The van der Waals surface area contributed by atoms with Gasteiger partial charge < -0.3 is 49.7 Å². The Labute approximate surface area is 327 Å². The molecular formula is C32H38N10O14P2. The van der Waals surface area contributed by atoms with Gasteiger partial charge in [-0.15, -0.1) is 0 Å². The van der Waals surface area contributed by atoms with Crippen LogP contribution in [0.3, 0.4) is 0 Å². The Hall–Kier alpha value is -4.74. The number of hydrogen-bond acceptors (Lipinski definition) is 22. The van der Waals surface area contributed by atoms with Crippen LogP contribution in [0.15, 0.2) is 36.9 Å². The summed E-state index contributed by atoms with van der Waals surface area (Å²) in [5.74, 6) is -0.0147. The first-order valence-electron chi connectivity index (χ1n) is 18.0. The number of fused-ring (bicyclic) bond motifs is 4. The standard InChI is InChI=1S/C32H38N10O14P2/c1-5-47-25-19-23(37-29(33)39-25)41(13-35-19)27-31(3,43)21-17(51-27)11-49-57(45,55-21)53-15-8-7-9-16(10-15)54-58(46)50-12-18-22(56-58)32(4,44)28(52-18)42-14-36-20-24(42)38-30(34)40-26(20)48-6-2/h7-10,13-14,17-18,21-22,27-28,43-44H,5-6,11-12H2,1-4H3,(H2,33,37,39)(H2,34,38,40)/t17-,18?,21-,22-,27-,28-,31-,32-,57?,58?/m1/s1.